The second kappa shape index (κ2) is 8.45. The Balaban J connectivity index is 1.31. The lowest BCUT2D eigenvalue weighted by Crippen LogP contribution is -2.51. The first-order chi connectivity index (χ1) is 11.6. The topological polar surface area (TPSA) is 52.7 Å². The fraction of sp³-hybridized carbons (Fsp3) is 0.647. The molecule has 2 fully saturated rings. The summed E-state index contributed by atoms with van der Waals surface area (Å²) < 4.78 is 1.14. The number of nitrogens with zero attached hydrogens (tertiary/aromatic N) is 2. The number of thiophene rings is 1. The third-order valence-corrected chi connectivity index (χ3v) is 6.16. The predicted molar refractivity (Wildman–Crippen MR) is 99.1 cm³/mol. The smallest absolute Gasteiger partial charge is 0.234 e. The summed E-state index contributed by atoms with van der Waals surface area (Å²) >= 11 is 5.20. The van der Waals surface area contributed by atoms with E-state index in [-0.39, 0.29) is 11.8 Å². The van der Waals surface area contributed by atoms with Crippen LogP contribution in [0.1, 0.15) is 30.6 Å². The van der Waals surface area contributed by atoms with Crippen LogP contribution in [0.2, 0.25) is 0 Å². The Morgan fingerprint density at radius 3 is 2.58 bits per heavy atom. The molecular formula is C17H24BrN3O2S. The highest BCUT2D eigenvalue weighted by Gasteiger charge is 2.26. The summed E-state index contributed by atoms with van der Waals surface area (Å²) in [4.78, 5) is 29.5. The van der Waals surface area contributed by atoms with Crippen molar-refractivity contribution < 1.29 is 9.59 Å². The molecule has 5 nitrogen and oxygen atoms in total. The predicted octanol–water partition coefficient (Wildman–Crippen LogP) is 2.26. The summed E-state index contributed by atoms with van der Waals surface area (Å²) in [6, 6.07) is 4.59. The number of hydrogen-bond acceptors (Lipinski definition) is 4. The fourth-order valence-corrected chi connectivity index (χ4v) is 4.44. The van der Waals surface area contributed by atoms with E-state index in [1.54, 1.807) is 11.3 Å². The highest BCUT2D eigenvalue weighted by atomic mass is 79.9. The maximum absolute atomic E-state index is 12.3. The zero-order chi connectivity index (χ0) is 16.9. The number of amides is 2. The molecule has 1 aliphatic carbocycles. The van der Waals surface area contributed by atoms with Gasteiger partial charge in [0.2, 0.25) is 11.8 Å². The van der Waals surface area contributed by atoms with Crippen LogP contribution in [-0.2, 0) is 16.0 Å². The molecule has 1 N–H and O–H groups in total. The maximum Gasteiger partial charge on any atom is 0.234 e. The van der Waals surface area contributed by atoms with Crippen LogP contribution in [0.3, 0.4) is 0 Å². The molecule has 24 heavy (non-hydrogen) atoms. The second-order valence-corrected chi connectivity index (χ2v) is 9.11. The van der Waals surface area contributed by atoms with Crippen LogP contribution in [-0.4, -0.2) is 60.4 Å². The van der Waals surface area contributed by atoms with Crippen molar-refractivity contribution in [3.05, 3.63) is 20.8 Å². The van der Waals surface area contributed by atoms with Gasteiger partial charge in [-0.15, -0.1) is 11.3 Å². The van der Waals surface area contributed by atoms with Crippen molar-refractivity contribution in [2.24, 2.45) is 0 Å². The van der Waals surface area contributed by atoms with E-state index in [1.807, 2.05) is 4.90 Å². The monoisotopic (exact) mass is 413 g/mol. The van der Waals surface area contributed by atoms with Gasteiger partial charge in [-0.25, -0.2) is 0 Å². The minimum atomic E-state index is 0.124. The first kappa shape index (κ1) is 17.9. The highest BCUT2D eigenvalue weighted by molar-refractivity contribution is 9.11. The molecular weight excluding hydrogens is 390 g/mol. The number of hydrogen-bond donors (Lipinski definition) is 1. The number of aryl methyl sites for hydroxylation is 1. The Hall–Kier alpha value is -0.920. The zero-order valence-electron chi connectivity index (χ0n) is 13.8. The Morgan fingerprint density at radius 2 is 1.96 bits per heavy atom. The van der Waals surface area contributed by atoms with Crippen molar-refractivity contribution >= 4 is 39.1 Å². The van der Waals surface area contributed by atoms with Crippen LogP contribution >= 0.6 is 27.3 Å². The minimum absolute atomic E-state index is 0.124. The average Bonchev–Trinajstić information content (AvgIpc) is 3.27. The van der Waals surface area contributed by atoms with E-state index in [0.29, 0.717) is 19.0 Å². The summed E-state index contributed by atoms with van der Waals surface area (Å²) in [6.45, 7) is 3.52. The summed E-state index contributed by atoms with van der Waals surface area (Å²) in [7, 11) is 0. The maximum atomic E-state index is 12.3. The Labute approximate surface area is 155 Å². The first-order valence-electron chi connectivity index (χ1n) is 8.64. The van der Waals surface area contributed by atoms with Crippen LogP contribution < -0.4 is 5.32 Å². The molecule has 132 valence electrons. The van der Waals surface area contributed by atoms with Gasteiger partial charge in [0, 0.05) is 43.5 Å². The summed E-state index contributed by atoms with van der Waals surface area (Å²) in [5.74, 6) is 0.368. The number of halogens is 1. The lowest BCUT2D eigenvalue weighted by Gasteiger charge is -2.34. The van der Waals surface area contributed by atoms with Crippen LogP contribution in [0.15, 0.2) is 15.9 Å². The van der Waals surface area contributed by atoms with Crippen molar-refractivity contribution in [1.29, 1.82) is 0 Å². The molecule has 1 saturated carbocycles. The first-order valence-corrected chi connectivity index (χ1v) is 10.2. The molecule has 0 radical (unpaired) electrons. The van der Waals surface area contributed by atoms with E-state index < -0.39 is 0 Å². The molecule has 1 aliphatic heterocycles. The Bertz CT molecular complexity index is 580. The standard InChI is InChI=1S/C17H24BrN3O2S/c18-15-7-6-14(24-15)2-1-3-17(23)21-10-8-20(9-11-21)12-16(22)19-13-4-5-13/h6-7,13H,1-5,8-12H2,(H,19,22). The minimum Gasteiger partial charge on any atom is -0.352 e. The van der Waals surface area contributed by atoms with Crippen molar-refractivity contribution in [3.63, 3.8) is 0 Å². The van der Waals surface area contributed by atoms with E-state index in [4.69, 9.17) is 0 Å². The van der Waals surface area contributed by atoms with Gasteiger partial charge in [-0.05, 0) is 53.7 Å². The second-order valence-electron chi connectivity index (χ2n) is 6.56. The molecule has 1 saturated heterocycles. The third-order valence-electron chi connectivity index (χ3n) is 4.48. The third kappa shape index (κ3) is 5.57. The summed E-state index contributed by atoms with van der Waals surface area (Å²) in [5, 5.41) is 3.02. The number of carbonyl (C=O) groups is 2. The zero-order valence-corrected chi connectivity index (χ0v) is 16.2. The number of carbonyl (C=O) groups excluding carboxylic acids is 2. The number of rotatable bonds is 7. The van der Waals surface area contributed by atoms with E-state index in [9.17, 15) is 9.59 Å². The largest absolute Gasteiger partial charge is 0.352 e. The molecule has 0 unspecified atom stereocenters. The van der Waals surface area contributed by atoms with E-state index in [2.05, 4.69) is 38.3 Å². The molecule has 0 aromatic carbocycles. The van der Waals surface area contributed by atoms with Gasteiger partial charge in [0.1, 0.15) is 0 Å². The summed E-state index contributed by atoms with van der Waals surface area (Å²) in [5.41, 5.74) is 0. The van der Waals surface area contributed by atoms with Crippen LogP contribution in [0.4, 0.5) is 0 Å². The van der Waals surface area contributed by atoms with Gasteiger partial charge < -0.3 is 10.2 Å². The lowest BCUT2D eigenvalue weighted by molar-refractivity contribution is -0.133. The van der Waals surface area contributed by atoms with Gasteiger partial charge in [-0.2, -0.15) is 0 Å². The quantitative estimate of drug-likeness (QED) is 0.745. The van der Waals surface area contributed by atoms with Gasteiger partial charge in [0.15, 0.2) is 0 Å². The molecule has 0 atom stereocenters. The van der Waals surface area contributed by atoms with Crippen molar-refractivity contribution in [2.45, 2.75) is 38.1 Å². The van der Waals surface area contributed by atoms with Crippen molar-refractivity contribution in [1.82, 2.24) is 15.1 Å². The van der Waals surface area contributed by atoms with E-state index in [1.165, 1.54) is 4.88 Å². The van der Waals surface area contributed by atoms with Crippen LogP contribution in [0.25, 0.3) is 0 Å². The Kier molecular flexibility index (Phi) is 6.30. The van der Waals surface area contributed by atoms with E-state index in [0.717, 1.165) is 55.6 Å². The molecule has 2 aliphatic rings. The SMILES string of the molecule is O=C(CN1CCN(C(=O)CCCc2ccc(Br)s2)CC1)NC1CC1. The molecule has 7 heteroatoms. The lowest BCUT2D eigenvalue weighted by atomic mass is 10.2. The molecule has 3 rings (SSSR count). The van der Waals surface area contributed by atoms with Gasteiger partial charge in [0.05, 0.1) is 10.3 Å². The molecule has 1 aromatic heterocycles. The molecule has 2 amide bonds. The average molecular weight is 414 g/mol. The van der Waals surface area contributed by atoms with E-state index >= 15 is 0 Å². The number of nitrogens with one attached hydrogen (secondary N) is 1. The fourth-order valence-electron chi connectivity index (χ4n) is 2.92. The highest BCUT2D eigenvalue weighted by Crippen LogP contribution is 2.23. The van der Waals surface area contributed by atoms with Crippen LogP contribution in [0.5, 0.6) is 0 Å². The Morgan fingerprint density at radius 1 is 1.21 bits per heavy atom. The van der Waals surface area contributed by atoms with Crippen molar-refractivity contribution in [2.75, 3.05) is 32.7 Å². The number of piperazine rings is 1. The molecule has 2 heterocycles. The molecule has 1 aromatic rings. The van der Waals surface area contributed by atoms with Crippen molar-refractivity contribution in [3.8, 4) is 0 Å². The van der Waals surface area contributed by atoms with Gasteiger partial charge in [0.25, 0.3) is 0 Å². The molecule has 0 bridgehead atoms. The van der Waals surface area contributed by atoms with Crippen LogP contribution in [0, 0.1) is 0 Å². The van der Waals surface area contributed by atoms with Gasteiger partial charge in [-0.1, -0.05) is 0 Å². The van der Waals surface area contributed by atoms with Gasteiger partial charge >= 0.3 is 0 Å². The normalized spacial score (nSPS) is 18.6. The summed E-state index contributed by atoms with van der Waals surface area (Å²) in [6.07, 6.45) is 4.71. The molecule has 0 spiro atoms. The van der Waals surface area contributed by atoms with Gasteiger partial charge in [-0.3, -0.25) is 14.5 Å².